The number of amides is 13. The van der Waals surface area contributed by atoms with Crippen LogP contribution in [0.25, 0.3) is 0 Å². The third-order valence-electron chi connectivity index (χ3n) is 18.3. The van der Waals surface area contributed by atoms with Crippen molar-refractivity contribution in [3.63, 3.8) is 0 Å². The number of phenols is 1. The fraction of sp³-hybridized carbons (Fsp3) is 0.493. The third kappa shape index (κ3) is 28.3. The van der Waals surface area contributed by atoms with Crippen LogP contribution in [-0.2, 0) is 97.6 Å². The van der Waals surface area contributed by atoms with Gasteiger partial charge in [0, 0.05) is 93.0 Å². The third-order valence-corrected chi connectivity index (χ3v) is 21.0. The number of aliphatic carboxylic acids is 1. The lowest BCUT2D eigenvalue weighted by atomic mass is 9.96. The Hall–Kier alpha value is -11.5. The summed E-state index contributed by atoms with van der Waals surface area (Å²) in [5, 5.41) is 82.1. The number of imidazole rings is 2. The van der Waals surface area contributed by atoms with Gasteiger partial charge in [0.1, 0.15) is 78.8 Å². The lowest BCUT2D eigenvalue weighted by molar-refractivity contribution is -0.145. The van der Waals surface area contributed by atoms with Gasteiger partial charge in [-0.3, -0.25) is 67.1 Å². The van der Waals surface area contributed by atoms with E-state index in [9.17, 15) is 73.5 Å². The summed E-state index contributed by atoms with van der Waals surface area (Å²) in [5.74, 6) is -19.4. The molecule has 115 heavy (non-hydrogen) atoms. The van der Waals surface area contributed by atoms with Gasteiger partial charge in [0.25, 0.3) is 0 Å². The Morgan fingerprint density at radius 1 is 0.635 bits per heavy atom. The number of carbonyl (C=O) groups excluding carboxylic acids is 14. The number of carboxylic acids is 1. The minimum absolute atomic E-state index is 0.00198. The van der Waals surface area contributed by atoms with Crippen molar-refractivity contribution in [1.82, 2.24) is 93.4 Å². The van der Waals surface area contributed by atoms with E-state index < -0.39 is 235 Å². The van der Waals surface area contributed by atoms with Crippen molar-refractivity contribution in [2.24, 2.45) is 17.8 Å². The average Bonchev–Trinajstić information content (AvgIpc) is 1.74. The number of aromatic hydroxyl groups is 3. The lowest BCUT2D eigenvalue weighted by Crippen LogP contribution is -2.62. The maximum atomic E-state index is 15.5. The number of nitrogens with one attached hydrogen (secondary N) is 14. The van der Waals surface area contributed by atoms with Crippen molar-refractivity contribution in [3.8, 4) is 17.5 Å². The molecule has 13 atom stereocenters. The van der Waals surface area contributed by atoms with Crippen LogP contribution in [0.1, 0.15) is 103 Å². The Morgan fingerprint density at radius 2 is 1.23 bits per heavy atom. The minimum Gasteiger partial charge on any atom is -0.506 e. The summed E-state index contributed by atoms with van der Waals surface area (Å²) >= 11 is 6.28. The first-order valence-electron chi connectivity index (χ1n) is 36.8. The molecule has 0 aliphatic carbocycles. The zero-order chi connectivity index (χ0) is 84.3. The number of benzene rings is 2. The summed E-state index contributed by atoms with van der Waals surface area (Å²) in [6, 6.07) is -3.29. The minimum atomic E-state index is -2.01. The summed E-state index contributed by atoms with van der Waals surface area (Å²) < 4.78 is 0.403. The number of nitrogens with zero attached hydrogens (tertiary/aromatic N) is 4. The number of rotatable bonds is 33. The molecule has 19 N–H and O–H groups in total. The van der Waals surface area contributed by atoms with Gasteiger partial charge in [-0.15, -0.1) is 4.73 Å². The van der Waals surface area contributed by atoms with Crippen LogP contribution in [0.3, 0.4) is 0 Å². The SMILES string of the molecule is CCC(C)[C@H](NC(=O)[C@H](Cc1cnc[nH]1)NC(=O)[C@@H]1CSSC[C@H](NC(=O)[C@H](Cc2cnc[nH]2)NC(=O)[C@H](Cc2ccccc2)NC(C)=O)C(=O)N2CC(O)C[C@H]2C(=O)N[C@@H](Cc2ccc(O)c(Cl)c2)C(=O)N[C@@H](CC(=O)O)C(=O)N[C@@H](CC(C)C)C(=O)N1)C(=O)N[C@@H](CC(C)C)C(=O)NCC(=O)NCC(=O)On1c(O)ccc1O. The van der Waals surface area contributed by atoms with Gasteiger partial charge in [0.05, 0.1) is 36.7 Å². The largest absolute Gasteiger partial charge is 0.506 e. The molecule has 0 radical (unpaired) electrons. The van der Waals surface area contributed by atoms with E-state index in [2.05, 4.69) is 83.7 Å². The topological polar surface area (TPSA) is 576 Å². The molecular weight excluding hydrogens is 1560 g/mol. The fourth-order valence-electron chi connectivity index (χ4n) is 12.2. The van der Waals surface area contributed by atoms with Gasteiger partial charge in [0.15, 0.2) is 0 Å². The second kappa shape index (κ2) is 43.7. The highest BCUT2D eigenvalue weighted by Gasteiger charge is 2.45. The monoisotopic (exact) mass is 1660 g/mol. The highest BCUT2D eigenvalue weighted by atomic mass is 35.5. The van der Waals surface area contributed by atoms with Gasteiger partial charge in [-0.1, -0.05) is 118 Å². The van der Waals surface area contributed by atoms with Crippen LogP contribution in [0, 0.1) is 17.8 Å². The Labute approximate surface area is 672 Å². The van der Waals surface area contributed by atoms with Crippen molar-refractivity contribution >= 4 is 122 Å². The summed E-state index contributed by atoms with van der Waals surface area (Å²) in [6.07, 6.45) is 1.17. The smallest absolute Gasteiger partial charge is 0.352 e. The molecule has 42 heteroatoms. The number of aromatic amines is 2. The van der Waals surface area contributed by atoms with Crippen LogP contribution >= 0.6 is 33.2 Å². The normalized spacial score (nSPS) is 20.0. The maximum Gasteiger partial charge on any atom is 0.352 e. The van der Waals surface area contributed by atoms with E-state index in [4.69, 9.17) is 16.4 Å². The molecule has 3 aromatic heterocycles. The predicted molar refractivity (Wildman–Crippen MR) is 414 cm³/mol. The molecule has 0 spiro atoms. The molecule has 0 saturated carbocycles. The summed E-state index contributed by atoms with van der Waals surface area (Å²) in [5.41, 5.74) is 1.42. The molecule has 2 fully saturated rings. The highest BCUT2D eigenvalue weighted by Crippen LogP contribution is 2.29. The molecule has 5 heterocycles. The van der Waals surface area contributed by atoms with Crippen molar-refractivity contribution in [1.29, 1.82) is 0 Å². The van der Waals surface area contributed by atoms with Gasteiger partial charge in [-0.2, -0.15) is 0 Å². The molecule has 2 saturated heterocycles. The zero-order valence-corrected chi connectivity index (χ0v) is 66.3. The zero-order valence-electron chi connectivity index (χ0n) is 63.9. The van der Waals surface area contributed by atoms with E-state index in [-0.39, 0.29) is 66.5 Å². The quantitative estimate of drug-likeness (QED) is 0.0196. The average molecular weight is 1660 g/mol. The standard InChI is InChI=1S/C73H97ClN18O21S2/c1-8-38(6)62(72(111)87-46(18-36(2)3)63(102)78-29-57(96)77-30-61(101)113-92-58(97)16-17-59(92)98)90-69(108)51(24-43-28-76-35-80-43)84-70(109)53-32-114-115-33-54(89-67(106)50(23-42-27-75-34-79-42)83-65(104)48(81-39(7)93)21-40-12-10-9-11-13-40)73(112)91-31-44(94)25-55(91)71(110)86-49(22-41-14-15-56(95)45(74)20-41)66(105)85-52(26-60(99)100)68(107)82-47(19-37(4)5)64(103)88-53/h9-17,20,27-28,34-38,44,46-55,62,94-95,97-98H,8,18-19,21-26,29-33H2,1-7H3,(H,75,79)(H,76,80)(H,77,96)(H,78,102)(H,81,93)(H,82,107)(H,83,104)(H,84,109)(H,85,105)(H,86,110)(H,87,111)(H,88,103)(H,89,106)(H,90,108)(H,99,100)/t38?,44?,46-,47-,48-,49-,50-,51-,52-,53-,54-,55-,62-/m0/s1. The van der Waals surface area contributed by atoms with Gasteiger partial charge in [0.2, 0.25) is 88.6 Å². The fourth-order valence-corrected chi connectivity index (χ4v) is 14.8. The van der Waals surface area contributed by atoms with Crippen molar-refractivity contribution in [2.75, 3.05) is 31.1 Å². The number of carbonyl (C=O) groups is 15. The summed E-state index contributed by atoms with van der Waals surface area (Å²) in [6.45, 7) is 9.32. The first-order chi connectivity index (χ1) is 54.5. The van der Waals surface area contributed by atoms with E-state index in [1.165, 1.54) is 50.2 Å². The number of aliphatic hydroxyl groups excluding tert-OH is 1. The van der Waals surface area contributed by atoms with E-state index in [0.29, 0.717) is 16.0 Å². The number of fused-ring (bicyclic) bond motifs is 1. The molecule has 0 bridgehead atoms. The number of carboxylic acid groups (broad SMARTS) is 1. The van der Waals surface area contributed by atoms with E-state index in [0.717, 1.165) is 38.6 Å². The number of phenolic OH excluding ortho intramolecular Hbond substituents is 1. The summed E-state index contributed by atoms with van der Waals surface area (Å²) in [4.78, 5) is 233. The van der Waals surface area contributed by atoms with Crippen LogP contribution < -0.4 is 68.6 Å². The maximum absolute atomic E-state index is 15.5. The van der Waals surface area contributed by atoms with Gasteiger partial charge < -0.3 is 109 Å². The lowest BCUT2D eigenvalue weighted by Gasteiger charge is -2.31. The Balaban J connectivity index is 1.23. The van der Waals surface area contributed by atoms with Gasteiger partial charge in [-0.05, 0) is 53.9 Å². The molecule has 624 valence electrons. The molecule has 13 amide bonds. The number of hydrogen-bond acceptors (Lipinski definition) is 24. The van der Waals surface area contributed by atoms with E-state index >= 15 is 24.0 Å². The second-order valence-electron chi connectivity index (χ2n) is 28.5. The van der Waals surface area contributed by atoms with Crippen molar-refractivity contribution < 1.29 is 102 Å². The van der Waals surface area contributed by atoms with E-state index in [1.54, 1.807) is 71.9 Å². The number of aliphatic hydroxyl groups is 1. The Kier molecular flexibility index (Phi) is 34.5. The van der Waals surface area contributed by atoms with Crippen molar-refractivity contribution in [2.45, 2.75) is 179 Å². The van der Waals surface area contributed by atoms with E-state index in [1.807, 2.05) is 0 Å². The van der Waals surface area contributed by atoms with Crippen molar-refractivity contribution in [3.05, 3.63) is 113 Å². The Bertz CT molecular complexity index is 4230. The molecule has 39 nitrogen and oxygen atoms in total. The van der Waals surface area contributed by atoms with Crippen LogP contribution in [0.4, 0.5) is 0 Å². The first-order valence-corrected chi connectivity index (χ1v) is 39.7. The Morgan fingerprint density at radius 3 is 1.83 bits per heavy atom. The molecule has 2 aliphatic rings. The predicted octanol–water partition coefficient (Wildman–Crippen LogP) is -2.30. The number of halogens is 1. The van der Waals surface area contributed by atoms with Gasteiger partial charge >= 0.3 is 11.9 Å². The van der Waals surface area contributed by atoms with Crippen LogP contribution in [-0.4, -0.2) is 248 Å². The molecule has 2 aliphatic heterocycles. The molecule has 2 aromatic carbocycles. The molecule has 2 unspecified atom stereocenters. The number of H-pyrrole nitrogens is 2. The molecule has 5 aromatic rings. The second-order valence-corrected chi connectivity index (χ2v) is 31.4. The molecule has 7 rings (SSSR count). The van der Waals surface area contributed by atoms with Gasteiger partial charge in [-0.25, -0.2) is 14.8 Å². The van der Waals surface area contributed by atoms with Crippen LogP contribution in [0.2, 0.25) is 5.02 Å². The van der Waals surface area contributed by atoms with Crippen LogP contribution in [0.15, 0.2) is 85.7 Å². The first kappa shape index (κ1) is 90.7. The molecular formula is C73H97ClN18O21S2. The van der Waals surface area contributed by atoms with Crippen LogP contribution in [0.5, 0.6) is 17.5 Å². The number of hydrogen-bond donors (Lipinski definition) is 19. The highest BCUT2D eigenvalue weighted by molar-refractivity contribution is 8.76. The summed E-state index contributed by atoms with van der Waals surface area (Å²) in [7, 11) is 1.66. The number of aromatic nitrogens is 5.